The van der Waals surface area contributed by atoms with Crippen molar-refractivity contribution in [3.05, 3.63) is 0 Å². The minimum absolute atomic E-state index is 0.807. The second kappa shape index (κ2) is 15.6. The number of hydrogen-bond acceptors (Lipinski definition) is 21. The Morgan fingerprint density at radius 3 is 1.16 bits per heavy atom. The molecule has 0 aromatic rings. The molecule has 0 saturated carbocycles. The van der Waals surface area contributed by atoms with Gasteiger partial charge in [0.25, 0.3) is 0 Å². The van der Waals surface area contributed by atoms with Crippen molar-refractivity contribution in [2.75, 3.05) is 26.4 Å². The van der Waals surface area contributed by atoms with Crippen LogP contribution in [0.1, 0.15) is 0 Å². The Kier molecular flexibility index (Phi) is 12.8. The monoisotopic (exact) mass is 666 g/mol. The Hall–Kier alpha value is -0.840. The zero-order chi connectivity index (χ0) is 33.3. The minimum Gasteiger partial charge on any atom is -0.394 e. The summed E-state index contributed by atoms with van der Waals surface area (Å²) in [6.45, 7) is -3.47. The van der Waals surface area contributed by atoms with E-state index in [2.05, 4.69) is 0 Å². The number of hydrogen-bond donors (Lipinski definition) is 14. The van der Waals surface area contributed by atoms with Crippen LogP contribution in [0.2, 0.25) is 0 Å². The highest BCUT2D eigenvalue weighted by molar-refractivity contribution is 4.98. The van der Waals surface area contributed by atoms with Crippen molar-refractivity contribution < 1.29 is 105 Å². The molecule has 14 N–H and O–H groups in total. The highest BCUT2D eigenvalue weighted by atomic mass is 16.8. The van der Waals surface area contributed by atoms with E-state index in [-0.39, 0.29) is 0 Å². The third kappa shape index (κ3) is 7.44. The maximum absolute atomic E-state index is 11.1. The third-order valence-electron chi connectivity index (χ3n) is 8.21. The van der Waals surface area contributed by atoms with Gasteiger partial charge in [-0.1, -0.05) is 0 Å². The summed E-state index contributed by atoms with van der Waals surface area (Å²) in [5.41, 5.74) is 0. The fourth-order valence-electron chi connectivity index (χ4n) is 5.49. The summed E-state index contributed by atoms with van der Waals surface area (Å²) in [5, 5.41) is 143. The van der Waals surface area contributed by atoms with Gasteiger partial charge in [-0.05, 0) is 0 Å². The van der Waals surface area contributed by atoms with Crippen LogP contribution in [0.3, 0.4) is 0 Å². The maximum atomic E-state index is 11.1. The van der Waals surface area contributed by atoms with Crippen molar-refractivity contribution in [3.8, 4) is 0 Å². The largest absolute Gasteiger partial charge is 0.394 e. The maximum Gasteiger partial charge on any atom is 0.187 e. The average molecular weight is 667 g/mol. The van der Waals surface area contributed by atoms with Crippen molar-refractivity contribution in [2.45, 2.75) is 123 Å². The Balaban J connectivity index is 1.68. The molecule has 4 aliphatic rings. The van der Waals surface area contributed by atoms with E-state index in [0.29, 0.717) is 0 Å². The van der Waals surface area contributed by atoms with Crippen LogP contribution < -0.4 is 0 Å². The summed E-state index contributed by atoms with van der Waals surface area (Å²) in [6, 6.07) is 0. The molecule has 4 aliphatic heterocycles. The zero-order valence-electron chi connectivity index (χ0n) is 23.5. The van der Waals surface area contributed by atoms with E-state index >= 15 is 0 Å². The van der Waals surface area contributed by atoms with Gasteiger partial charge in [0.05, 0.1) is 26.4 Å². The molecule has 45 heavy (non-hydrogen) atoms. The first-order valence-corrected chi connectivity index (χ1v) is 14.1. The molecule has 0 aromatic carbocycles. The summed E-state index contributed by atoms with van der Waals surface area (Å²) in [7, 11) is 0. The molecule has 0 bridgehead atoms. The molecule has 21 nitrogen and oxygen atoms in total. The normalized spacial score (nSPS) is 52.9. The molecule has 4 rings (SSSR count). The quantitative estimate of drug-likeness (QED) is 0.103. The molecule has 20 atom stereocenters. The molecule has 0 aromatic heterocycles. The highest BCUT2D eigenvalue weighted by Gasteiger charge is 2.56. The number of aliphatic hydroxyl groups is 14. The summed E-state index contributed by atoms with van der Waals surface area (Å²) >= 11 is 0. The Morgan fingerprint density at radius 1 is 0.333 bits per heavy atom. The fourth-order valence-corrected chi connectivity index (χ4v) is 5.49. The van der Waals surface area contributed by atoms with Gasteiger partial charge in [0, 0.05) is 0 Å². The van der Waals surface area contributed by atoms with E-state index in [4.69, 9.17) is 33.2 Å². The van der Waals surface area contributed by atoms with Gasteiger partial charge < -0.3 is 105 Å². The lowest BCUT2D eigenvalue weighted by molar-refractivity contribution is -0.407. The lowest BCUT2D eigenvalue weighted by Gasteiger charge is -2.50. The average Bonchev–Trinajstić information content (AvgIpc) is 3.03. The zero-order valence-corrected chi connectivity index (χ0v) is 23.5. The summed E-state index contributed by atoms with van der Waals surface area (Å²) < 4.78 is 38.5. The van der Waals surface area contributed by atoms with Gasteiger partial charge >= 0.3 is 0 Å². The third-order valence-corrected chi connectivity index (χ3v) is 8.21. The molecule has 264 valence electrons. The van der Waals surface area contributed by atoms with Crippen molar-refractivity contribution in [1.82, 2.24) is 0 Å². The van der Waals surface area contributed by atoms with E-state index in [1.54, 1.807) is 0 Å². The summed E-state index contributed by atoms with van der Waals surface area (Å²) in [6.07, 6.45) is -36.9. The van der Waals surface area contributed by atoms with Crippen LogP contribution in [0.15, 0.2) is 0 Å². The molecule has 0 unspecified atom stereocenters. The molecule has 4 heterocycles. The highest BCUT2D eigenvalue weighted by Crippen LogP contribution is 2.35. The number of ether oxygens (including phenoxy) is 7. The van der Waals surface area contributed by atoms with Crippen molar-refractivity contribution in [3.63, 3.8) is 0 Å². The van der Waals surface area contributed by atoms with Crippen LogP contribution in [0.4, 0.5) is 0 Å². The Bertz CT molecular complexity index is 914. The molecule has 0 spiro atoms. The SMILES string of the molecule is OC[C@H]1O[C@H](O[C@H]2[C@H](O)[C@@H](CO)O[C@H](O[C@H]3[C@@H](O)[C@H](O)[C@@H](CO)O[C@H]3O)[C@H]2O[C@H]2O[C@H](CO)[C@@H](O)[C@H](O)[C@@H]2O)[C@H](O)[C@@H](O)[C@H]1O. The van der Waals surface area contributed by atoms with E-state index < -0.39 is 149 Å². The lowest BCUT2D eigenvalue weighted by Crippen LogP contribution is -2.68. The molecule has 4 fully saturated rings. The Labute approximate surface area is 254 Å². The number of aliphatic hydroxyl groups excluding tert-OH is 14. The predicted molar refractivity (Wildman–Crippen MR) is 134 cm³/mol. The molecule has 0 amide bonds. The first-order valence-electron chi connectivity index (χ1n) is 14.1. The minimum atomic E-state index is -2.04. The van der Waals surface area contributed by atoms with Crippen LogP contribution >= 0.6 is 0 Å². The van der Waals surface area contributed by atoms with Gasteiger partial charge in [0.1, 0.15) is 97.7 Å². The van der Waals surface area contributed by atoms with E-state index in [1.807, 2.05) is 0 Å². The molecule has 0 radical (unpaired) electrons. The van der Waals surface area contributed by atoms with Crippen molar-refractivity contribution in [1.29, 1.82) is 0 Å². The summed E-state index contributed by atoms with van der Waals surface area (Å²) in [5.74, 6) is 0. The lowest BCUT2D eigenvalue weighted by atomic mass is 9.95. The van der Waals surface area contributed by atoms with Gasteiger partial charge in [0.2, 0.25) is 0 Å². The van der Waals surface area contributed by atoms with Gasteiger partial charge in [-0.25, -0.2) is 0 Å². The molecular formula is C24H42O21. The van der Waals surface area contributed by atoms with Gasteiger partial charge in [-0.15, -0.1) is 0 Å². The van der Waals surface area contributed by atoms with E-state index in [1.165, 1.54) is 0 Å². The van der Waals surface area contributed by atoms with Crippen LogP contribution in [-0.4, -0.2) is 221 Å². The topological polar surface area (TPSA) is 348 Å². The molecule has 21 heteroatoms. The van der Waals surface area contributed by atoms with E-state index in [9.17, 15) is 71.5 Å². The smallest absolute Gasteiger partial charge is 0.187 e. The summed E-state index contributed by atoms with van der Waals surface area (Å²) in [4.78, 5) is 0. The van der Waals surface area contributed by atoms with Crippen LogP contribution in [0.5, 0.6) is 0 Å². The molecule has 0 aliphatic carbocycles. The fraction of sp³-hybridized carbons (Fsp3) is 1.00. The number of rotatable bonds is 10. The predicted octanol–water partition coefficient (Wildman–Crippen LogP) is -9.75. The Morgan fingerprint density at radius 2 is 0.689 bits per heavy atom. The first kappa shape index (κ1) is 37.0. The van der Waals surface area contributed by atoms with Crippen molar-refractivity contribution in [2.24, 2.45) is 0 Å². The van der Waals surface area contributed by atoms with Crippen LogP contribution in [-0.2, 0) is 33.2 Å². The van der Waals surface area contributed by atoms with Crippen molar-refractivity contribution >= 4 is 0 Å². The second-order valence-corrected chi connectivity index (χ2v) is 11.1. The van der Waals surface area contributed by atoms with Gasteiger partial charge in [-0.2, -0.15) is 0 Å². The van der Waals surface area contributed by atoms with Gasteiger partial charge in [-0.3, -0.25) is 0 Å². The molecule has 4 saturated heterocycles. The second-order valence-electron chi connectivity index (χ2n) is 11.1. The van der Waals surface area contributed by atoms with Crippen LogP contribution in [0.25, 0.3) is 0 Å². The standard InChI is InChI=1S/C24H42O21/c25-1-5-11(31)15(35)19(21(38)39-5)44-24-20(45-23-17(37)14(34)10(30)7(3-27)41-23)18(12(32)8(4-28)42-24)43-22-16(36)13(33)9(29)6(2-26)40-22/h5-38H,1-4H2/t5-,6-,7-,8-,9+,10-,11-,12-,13+,14+,15+,16-,17+,18+,19+,20+,21-,22-,23-,24-/m1/s1. The first-order chi connectivity index (χ1) is 21.3. The van der Waals surface area contributed by atoms with E-state index in [0.717, 1.165) is 0 Å². The van der Waals surface area contributed by atoms with Crippen LogP contribution in [0, 0.1) is 0 Å². The molecular weight excluding hydrogens is 624 g/mol. The van der Waals surface area contributed by atoms with Gasteiger partial charge in [0.15, 0.2) is 25.2 Å².